The van der Waals surface area contributed by atoms with Crippen molar-refractivity contribution in [3.05, 3.63) is 24.3 Å². The smallest absolute Gasteiger partial charge is 0.243 e. The van der Waals surface area contributed by atoms with E-state index in [1.165, 1.54) is 4.31 Å². The molecular weight excluding hydrogens is 290 g/mol. The van der Waals surface area contributed by atoms with Crippen molar-refractivity contribution in [3.8, 4) is 5.75 Å². The molecule has 2 aliphatic rings. The van der Waals surface area contributed by atoms with Gasteiger partial charge in [0.05, 0.1) is 23.6 Å². The first-order valence-corrected chi connectivity index (χ1v) is 8.80. The van der Waals surface area contributed by atoms with Crippen LogP contribution in [0.4, 0.5) is 0 Å². The largest absolute Gasteiger partial charge is 0.497 e. The van der Waals surface area contributed by atoms with Crippen molar-refractivity contribution in [1.29, 1.82) is 0 Å². The molecule has 1 aliphatic heterocycles. The fourth-order valence-electron chi connectivity index (χ4n) is 3.07. The number of hydrogen-bond donors (Lipinski definition) is 1. The minimum absolute atomic E-state index is 0.263. The Morgan fingerprint density at radius 3 is 2.48 bits per heavy atom. The van der Waals surface area contributed by atoms with E-state index in [2.05, 4.69) is 0 Å². The molecule has 6 heteroatoms. The Morgan fingerprint density at radius 1 is 1.24 bits per heavy atom. The quantitative estimate of drug-likeness (QED) is 0.920. The molecule has 21 heavy (non-hydrogen) atoms. The Morgan fingerprint density at radius 2 is 1.90 bits per heavy atom. The molecule has 0 radical (unpaired) electrons. The molecule has 1 N–H and O–H groups in total. The number of sulfonamides is 1. The van der Waals surface area contributed by atoms with Gasteiger partial charge in [0.1, 0.15) is 5.75 Å². The van der Waals surface area contributed by atoms with Gasteiger partial charge in [-0.25, -0.2) is 8.42 Å². The van der Waals surface area contributed by atoms with Crippen LogP contribution >= 0.6 is 0 Å². The summed E-state index contributed by atoms with van der Waals surface area (Å²) in [6, 6.07) is 6.15. The topological polar surface area (TPSA) is 66.8 Å². The zero-order chi connectivity index (χ0) is 15.1. The summed E-state index contributed by atoms with van der Waals surface area (Å²) in [6.45, 7) is 0.487. The highest BCUT2D eigenvalue weighted by atomic mass is 32.2. The molecule has 1 aromatic carbocycles. The Labute approximate surface area is 125 Å². The van der Waals surface area contributed by atoms with Crippen LogP contribution in [0.3, 0.4) is 0 Å². The van der Waals surface area contributed by atoms with Crippen molar-refractivity contribution >= 4 is 10.0 Å². The van der Waals surface area contributed by atoms with Gasteiger partial charge < -0.3 is 9.84 Å². The van der Waals surface area contributed by atoms with E-state index in [0.29, 0.717) is 25.1 Å². The molecule has 0 amide bonds. The minimum atomic E-state index is -3.56. The fourth-order valence-corrected chi connectivity index (χ4v) is 4.83. The normalized spacial score (nSPS) is 25.5. The first kappa shape index (κ1) is 14.8. The molecule has 1 aliphatic carbocycles. The van der Waals surface area contributed by atoms with Crippen molar-refractivity contribution in [3.63, 3.8) is 0 Å². The highest BCUT2D eigenvalue weighted by Crippen LogP contribution is 2.45. The van der Waals surface area contributed by atoms with Crippen LogP contribution in [0, 0.1) is 0 Å². The van der Waals surface area contributed by atoms with Crippen molar-refractivity contribution in [1.82, 2.24) is 4.31 Å². The number of piperidine rings is 1. The molecule has 0 unspecified atom stereocenters. The van der Waals surface area contributed by atoms with E-state index in [1.54, 1.807) is 31.4 Å². The maximum absolute atomic E-state index is 12.8. The lowest BCUT2D eigenvalue weighted by atomic mass is 9.98. The van der Waals surface area contributed by atoms with Crippen LogP contribution in [-0.2, 0) is 10.0 Å². The Kier molecular flexibility index (Phi) is 3.71. The first-order chi connectivity index (χ1) is 9.97. The van der Waals surface area contributed by atoms with Crippen LogP contribution in [-0.4, -0.2) is 43.1 Å². The van der Waals surface area contributed by atoms with Crippen LogP contribution in [0.2, 0.25) is 0 Å². The molecule has 1 saturated carbocycles. The molecule has 5 nitrogen and oxygen atoms in total. The second-order valence-corrected chi connectivity index (χ2v) is 7.80. The zero-order valence-corrected chi connectivity index (χ0v) is 13.0. The molecule has 1 atom stereocenters. The number of hydrogen-bond acceptors (Lipinski definition) is 4. The molecule has 0 aromatic heterocycles. The molecule has 0 spiro atoms. The van der Waals surface area contributed by atoms with Gasteiger partial charge in [0, 0.05) is 6.54 Å². The van der Waals surface area contributed by atoms with Gasteiger partial charge in [-0.3, -0.25) is 0 Å². The lowest BCUT2D eigenvalue weighted by Crippen LogP contribution is -2.50. The monoisotopic (exact) mass is 311 g/mol. The average Bonchev–Trinajstić information content (AvgIpc) is 3.26. The summed E-state index contributed by atoms with van der Waals surface area (Å²) in [5, 5.41) is 10.4. The van der Waals surface area contributed by atoms with E-state index < -0.39 is 15.6 Å². The van der Waals surface area contributed by atoms with Crippen molar-refractivity contribution < 1.29 is 18.3 Å². The van der Waals surface area contributed by atoms with Gasteiger partial charge in [-0.15, -0.1) is 0 Å². The number of nitrogens with zero attached hydrogens (tertiary/aromatic N) is 1. The van der Waals surface area contributed by atoms with E-state index in [1.807, 2.05) is 0 Å². The highest BCUT2D eigenvalue weighted by Gasteiger charge is 2.53. The number of methoxy groups -OCH3 is 1. The molecular formula is C15H21NO4S. The van der Waals surface area contributed by atoms with Gasteiger partial charge in [-0.1, -0.05) is 6.42 Å². The second-order valence-electron chi connectivity index (χ2n) is 5.91. The van der Waals surface area contributed by atoms with Gasteiger partial charge in [0.15, 0.2) is 0 Å². The molecule has 3 rings (SSSR count). The third-order valence-corrected chi connectivity index (χ3v) is 6.42. The maximum Gasteiger partial charge on any atom is 0.243 e. The summed E-state index contributed by atoms with van der Waals surface area (Å²) in [5.41, 5.74) is -0.806. The summed E-state index contributed by atoms with van der Waals surface area (Å²) in [5.74, 6) is 0.630. The molecule has 1 heterocycles. The Bertz CT molecular complexity index is 607. The van der Waals surface area contributed by atoms with Gasteiger partial charge >= 0.3 is 0 Å². The SMILES string of the molecule is COc1ccc(S(=O)(=O)N2CCCC[C@H]2C2(O)CC2)cc1. The van der Waals surface area contributed by atoms with Gasteiger partial charge in [0.25, 0.3) is 0 Å². The third-order valence-electron chi connectivity index (χ3n) is 4.50. The zero-order valence-electron chi connectivity index (χ0n) is 12.2. The number of aliphatic hydroxyl groups is 1. The lowest BCUT2D eigenvalue weighted by Gasteiger charge is -2.37. The predicted octanol–water partition coefficient (Wildman–Crippen LogP) is 1.76. The maximum atomic E-state index is 12.8. The van der Waals surface area contributed by atoms with Crippen LogP contribution < -0.4 is 4.74 Å². The molecule has 116 valence electrons. The molecule has 1 aromatic rings. The predicted molar refractivity (Wildman–Crippen MR) is 78.7 cm³/mol. The summed E-state index contributed by atoms with van der Waals surface area (Å²) in [4.78, 5) is 0.263. The molecule has 0 bridgehead atoms. The number of ether oxygens (including phenoxy) is 1. The Hall–Kier alpha value is -1.11. The van der Waals surface area contributed by atoms with E-state index in [9.17, 15) is 13.5 Å². The van der Waals surface area contributed by atoms with Gasteiger partial charge in [-0.2, -0.15) is 4.31 Å². The summed E-state index contributed by atoms with van der Waals surface area (Å²) in [6.07, 6.45) is 3.97. The molecule has 2 fully saturated rings. The van der Waals surface area contributed by atoms with Gasteiger partial charge in [0.2, 0.25) is 10.0 Å². The number of rotatable bonds is 4. The van der Waals surface area contributed by atoms with Crippen LogP contribution in [0.15, 0.2) is 29.2 Å². The third kappa shape index (κ3) is 2.67. The highest BCUT2D eigenvalue weighted by molar-refractivity contribution is 7.89. The summed E-state index contributed by atoms with van der Waals surface area (Å²) in [7, 11) is -2.01. The van der Waals surface area contributed by atoms with Crippen molar-refractivity contribution in [2.45, 2.75) is 48.6 Å². The van der Waals surface area contributed by atoms with E-state index >= 15 is 0 Å². The van der Waals surface area contributed by atoms with Crippen LogP contribution in [0.25, 0.3) is 0 Å². The van der Waals surface area contributed by atoms with E-state index in [4.69, 9.17) is 4.74 Å². The van der Waals surface area contributed by atoms with Crippen molar-refractivity contribution in [2.24, 2.45) is 0 Å². The first-order valence-electron chi connectivity index (χ1n) is 7.36. The molecule has 1 saturated heterocycles. The van der Waals surface area contributed by atoms with Gasteiger partial charge in [-0.05, 0) is 49.9 Å². The van der Waals surface area contributed by atoms with E-state index in [-0.39, 0.29) is 10.9 Å². The standard InChI is InChI=1S/C15H21NO4S/c1-20-12-5-7-13(8-6-12)21(18,19)16-11-3-2-4-14(16)15(17)9-10-15/h5-8,14,17H,2-4,9-11H2,1H3/t14-/m0/s1. The number of benzene rings is 1. The minimum Gasteiger partial charge on any atom is -0.497 e. The summed E-state index contributed by atoms with van der Waals surface area (Å²) >= 11 is 0. The lowest BCUT2D eigenvalue weighted by molar-refractivity contribution is 0.0482. The summed E-state index contributed by atoms with van der Waals surface area (Å²) < 4.78 is 32.3. The van der Waals surface area contributed by atoms with Crippen LogP contribution in [0.5, 0.6) is 5.75 Å². The Balaban J connectivity index is 1.91. The van der Waals surface area contributed by atoms with Crippen molar-refractivity contribution in [2.75, 3.05) is 13.7 Å². The average molecular weight is 311 g/mol. The van der Waals surface area contributed by atoms with E-state index in [0.717, 1.165) is 19.3 Å². The fraction of sp³-hybridized carbons (Fsp3) is 0.600. The van der Waals surface area contributed by atoms with Crippen LogP contribution in [0.1, 0.15) is 32.1 Å². The second kappa shape index (κ2) is 5.26.